The van der Waals surface area contributed by atoms with E-state index in [-0.39, 0.29) is 17.1 Å². The highest BCUT2D eigenvalue weighted by Crippen LogP contribution is 2.23. The zero-order valence-electron chi connectivity index (χ0n) is 12.0. The Kier molecular flexibility index (Phi) is 4.17. The van der Waals surface area contributed by atoms with Crippen molar-refractivity contribution in [3.63, 3.8) is 0 Å². The normalized spacial score (nSPS) is 18.9. The lowest BCUT2D eigenvalue weighted by atomic mass is 9.99. The number of hydrogen-bond donors (Lipinski definition) is 2. The first-order valence-electron chi connectivity index (χ1n) is 6.49. The number of likely N-dealkylation sites (N-methyl/N-ethyl adjacent to an activating group) is 1. The molecule has 0 saturated carbocycles. The van der Waals surface area contributed by atoms with Crippen LogP contribution in [-0.4, -0.2) is 52.9 Å². The summed E-state index contributed by atoms with van der Waals surface area (Å²) >= 11 is 6.08. The lowest BCUT2D eigenvalue weighted by Gasteiger charge is -2.45. The Morgan fingerprint density at radius 1 is 1.45 bits per heavy atom. The Morgan fingerprint density at radius 3 is 2.75 bits per heavy atom. The number of rotatable bonds is 2. The molecule has 2 heterocycles. The van der Waals surface area contributed by atoms with Crippen LogP contribution in [0.4, 0.5) is 5.82 Å². The number of piperazine rings is 1. The van der Waals surface area contributed by atoms with Gasteiger partial charge < -0.3 is 10.3 Å². The SMILES string of the molecule is CN1CCN(C(=O)c2nc(NN)ccc2Cl)CC1(C)C. The quantitative estimate of drug-likeness (QED) is 0.633. The van der Waals surface area contributed by atoms with Gasteiger partial charge in [-0.15, -0.1) is 0 Å². The van der Waals surface area contributed by atoms with Gasteiger partial charge in [0.2, 0.25) is 0 Å². The molecular weight excluding hydrogens is 278 g/mol. The van der Waals surface area contributed by atoms with Crippen molar-refractivity contribution < 1.29 is 4.79 Å². The van der Waals surface area contributed by atoms with E-state index in [0.29, 0.717) is 23.9 Å². The van der Waals surface area contributed by atoms with Gasteiger partial charge in [0.25, 0.3) is 5.91 Å². The van der Waals surface area contributed by atoms with Crippen LogP contribution in [0.25, 0.3) is 0 Å². The maximum absolute atomic E-state index is 12.6. The summed E-state index contributed by atoms with van der Waals surface area (Å²) in [6.45, 7) is 6.35. The van der Waals surface area contributed by atoms with Crippen LogP contribution in [0.3, 0.4) is 0 Å². The summed E-state index contributed by atoms with van der Waals surface area (Å²) < 4.78 is 0. The predicted molar refractivity (Wildman–Crippen MR) is 79.7 cm³/mol. The number of nitrogens with zero attached hydrogens (tertiary/aromatic N) is 3. The summed E-state index contributed by atoms with van der Waals surface area (Å²) in [5.74, 6) is 5.58. The minimum Gasteiger partial charge on any atom is -0.334 e. The number of hydrogen-bond acceptors (Lipinski definition) is 5. The topological polar surface area (TPSA) is 74.5 Å². The summed E-state index contributed by atoms with van der Waals surface area (Å²) in [4.78, 5) is 20.8. The standard InChI is InChI=1S/C13H20ClN5O/c1-13(2)8-19(7-6-18(13)3)12(20)11-9(14)4-5-10(16-11)17-15/h4-5H,6-8,15H2,1-3H3,(H,16,17). The van der Waals surface area contributed by atoms with Gasteiger partial charge in [-0.1, -0.05) is 11.6 Å². The zero-order chi connectivity index (χ0) is 14.9. The van der Waals surface area contributed by atoms with Crippen LogP contribution in [0, 0.1) is 0 Å². The van der Waals surface area contributed by atoms with Crippen LogP contribution in [0.2, 0.25) is 5.02 Å². The Bertz CT molecular complexity index is 519. The summed E-state index contributed by atoms with van der Waals surface area (Å²) in [5, 5.41) is 0.339. The van der Waals surface area contributed by atoms with E-state index < -0.39 is 0 Å². The van der Waals surface area contributed by atoms with Crippen LogP contribution in [0.15, 0.2) is 12.1 Å². The fourth-order valence-corrected chi connectivity index (χ4v) is 2.42. The van der Waals surface area contributed by atoms with Crippen molar-refractivity contribution in [2.24, 2.45) is 5.84 Å². The largest absolute Gasteiger partial charge is 0.334 e. The molecule has 0 spiro atoms. The highest BCUT2D eigenvalue weighted by Gasteiger charge is 2.34. The van der Waals surface area contributed by atoms with Crippen molar-refractivity contribution in [1.29, 1.82) is 0 Å². The second-order valence-corrected chi connectivity index (χ2v) is 6.04. The molecule has 1 fully saturated rings. The molecule has 0 radical (unpaired) electrons. The van der Waals surface area contributed by atoms with E-state index >= 15 is 0 Å². The van der Waals surface area contributed by atoms with Crippen molar-refractivity contribution in [3.05, 3.63) is 22.8 Å². The van der Waals surface area contributed by atoms with Crippen molar-refractivity contribution >= 4 is 23.3 Å². The first kappa shape index (κ1) is 15.0. The van der Waals surface area contributed by atoms with Crippen LogP contribution in [-0.2, 0) is 0 Å². The lowest BCUT2D eigenvalue weighted by Crippen LogP contribution is -2.59. The molecule has 1 saturated heterocycles. The Balaban J connectivity index is 2.24. The van der Waals surface area contributed by atoms with Crippen molar-refractivity contribution in [2.75, 3.05) is 32.1 Å². The molecule has 0 aliphatic carbocycles. The number of amides is 1. The second kappa shape index (κ2) is 5.55. The number of halogens is 1. The number of nitrogen functional groups attached to an aromatic ring is 1. The van der Waals surface area contributed by atoms with Crippen molar-refractivity contribution in [3.8, 4) is 0 Å². The van der Waals surface area contributed by atoms with E-state index in [1.54, 1.807) is 17.0 Å². The van der Waals surface area contributed by atoms with Gasteiger partial charge in [-0.3, -0.25) is 9.69 Å². The van der Waals surface area contributed by atoms with Crippen LogP contribution in [0.1, 0.15) is 24.3 Å². The van der Waals surface area contributed by atoms with Crippen LogP contribution >= 0.6 is 11.6 Å². The van der Waals surface area contributed by atoms with E-state index in [4.69, 9.17) is 17.4 Å². The maximum atomic E-state index is 12.6. The number of aromatic nitrogens is 1. The van der Waals surface area contributed by atoms with E-state index in [1.807, 2.05) is 0 Å². The number of hydrazine groups is 1. The Morgan fingerprint density at radius 2 is 2.15 bits per heavy atom. The summed E-state index contributed by atoms with van der Waals surface area (Å²) in [6.07, 6.45) is 0. The van der Waals surface area contributed by atoms with E-state index in [0.717, 1.165) is 6.54 Å². The molecule has 20 heavy (non-hydrogen) atoms. The number of carbonyl (C=O) groups excluding carboxylic acids is 1. The van der Waals surface area contributed by atoms with Gasteiger partial charge in [0.15, 0.2) is 0 Å². The minimum absolute atomic E-state index is 0.0654. The Labute approximate surface area is 123 Å². The third-order valence-electron chi connectivity index (χ3n) is 3.80. The van der Waals surface area contributed by atoms with Crippen LogP contribution in [0.5, 0.6) is 0 Å². The van der Waals surface area contributed by atoms with Crippen LogP contribution < -0.4 is 11.3 Å². The lowest BCUT2D eigenvalue weighted by molar-refractivity contribution is 0.0307. The molecule has 0 aromatic carbocycles. The number of anilines is 1. The molecule has 0 bridgehead atoms. The highest BCUT2D eigenvalue weighted by atomic mass is 35.5. The summed E-state index contributed by atoms with van der Waals surface area (Å²) in [6, 6.07) is 3.26. The van der Waals surface area contributed by atoms with Crippen molar-refractivity contribution in [2.45, 2.75) is 19.4 Å². The number of carbonyl (C=O) groups is 1. The predicted octanol–water partition coefficient (Wildman–Crippen LogP) is 1.19. The monoisotopic (exact) mass is 297 g/mol. The molecule has 1 aliphatic rings. The molecular formula is C13H20ClN5O. The minimum atomic E-state index is -0.159. The zero-order valence-corrected chi connectivity index (χ0v) is 12.7. The first-order valence-corrected chi connectivity index (χ1v) is 6.86. The van der Waals surface area contributed by atoms with Gasteiger partial charge in [-0.25, -0.2) is 10.8 Å². The molecule has 110 valence electrons. The van der Waals surface area contributed by atoms with E-state index in [1.165, 1.54) is 0 Å². The fourth-order valence-electron chi connectivity index (χ4n) is 2.24. The van der Waals surface area contributed by atoms with Gasteiger partial charge in [0.1, 0.15) is 11.5 Å². The van der Waals surface area contributed by atoms with Gasteiger partial charge >= 0.3 is 0 Å². The summed E-state index contributed by atoms with van der Waals surface area (Å²) in [5.41, 5.74) is 2.60. The molecule has 3 N–H and O–H groups in total. The smallest absolute Gasteiger partial charge is 0.274 e. The molecule has 6 nitrogen and oxygen atoms in total. The van der Waals surface area contributed by atoms with Gasteiger partial charge in [-0.2, -0.15) is 0 Å². The molecule has 1 aliphatic heterocycles. The average Bonchev–Trinajstić information content (AvgIpc) is 2.41. The molecule has 0 atom stereocenters. The van der Waals surface area contributed by atoms with E-state index in [9.17, 15) is 4.79 Å². The molecule has 2 rings (SSSR count). The molecule has 0 unspecified atom stereocenters. The highest BCUT2D eigenvalue weighted by molar-refractivity contribution is 6.33. The molecule has 7 heteroatoms. The average molecular weight is 298 g/mol. The second-order valence-electron chi connectivity index (χ2n) is 5.63. The molecule has 1 aromatic heterocycles. The molecule has 1 aromatic rings. The van der Waals surface area contributed by atoms with Gasteiger partial charge in [0.05, 0.1) is 5.02 Å². The molecule has 1 amide bonds. The van der Waals surface area contributed by atoms with Crippen molar-refractivity contribution in [1.82, 2.24) is 14.8 Å². The van der Waals surface area contributed by atoms with Gasteiger partial charge in [0, 0.05) is 25.2 Å². The van der Waals surface area contributed by atoms with Gasteiger partial charge in [-0.05, 0) is 33.0 Å². The fraction of sp³-hybridized carbons (Fsp3) is 0.538. The third-order valence-corrected chi connectivity index (χ3v) is 4.11. The van der Waals surface area contributed by atoms with E-state index in [2.05, 4.69) is 36.2 Å². The first-order chi connectivity index (χ1) is 9.35. The third kappa shape index (κ3) is 2.87. The number of nitrogens with two attached hydrogens (primary N) is 1. The maximum Gasteiger partial charge on any atom is 0.274 e. The Hall–Kier alpha value is -1.37. The number of pyridine rings is 1. The number of nitrogens with one attached hydrogen (secondary N) is 1. The summed E-state index contributed by atoms with van der Waals surface area (Å²) in [7, 11) is 2.06.